The van der Waals surface area contributed by atoms with Crippen LogP contribution in [-0.4, -0.2) is 10.9 Å². The number of rotatable bonds is 5. The van der Waals surface area contributed by atoms with Crippen molar-refractivity contribution in [2.24, 2.45) is 5.73 Å². The van der Waals surface area contributed by atoms with Gasteiger partial charge in [-0.2, -0.15) is 5.26 Å². The molecule has 0 bridgehead atoms. The second-order valence-corrected chi connectivity index (χ2v) is 5.07. The Bertz CT molecular complexity index is 797. The van der Waals surface area contributed by atoms with Gasteiger partial charge in [-0.15, -0.1) is 0 Å². The first-order valence-corrected chi connectivity index (χ1v) is 7.40. The summed E-state index contributed by atoms with van der Waals surface area (Å²) in [6.07, 6.45) is 0. The summed E-state index contributed by atoms with van der Waals surface area (Å²) in [5.74, 6) is -0.423. The van der Waals surface area contributed by atoms with Crippen molar-refractivity contribution in [1.29, 1.82) is 5.26 Å². The Morgan fingerprint density at radius 3 is 2.17 bits per heavy atom. The molecule has 7 heteroatoms. The molecule has 2 rings (SSSR count). The lowest BCUT2D eigenvalue weighted by Gasteiger charge is -2.12. The fourth-order valence-corrected chi connectivity index (χ4v) is 2.07. The number of nitrogens with zero attached hydrogens (tertiary/aromatic N) is 1. The first kappa shape index (κ1) is 17.0. The van der Waals surface area contributed by atoms with Gasteiger partial charge in [-0.1, -0.05) is 48.6 Å². The summed E-state index contributed by atoms with van der Waals surface area (Å²) < 4.78 is 0. The van der Waals surface area contributed by atoms with Gasteiger partial charge in [0.1, 0.15) is 22.5 Å². The molecule has 1 amide bonds. The number of carbonyl (C=O) groups excluding carboxylic acids is 1. The predicted molar refractivity (Wildman–Crippen MR) is 96.5 cm³/mol. The summed E-state index contributed by atoms with van der Waals surface area (Å²) in [6, 6.07) is 19.7. The van der Waals surface area contributed by atoms with Gasteiger partial charge < -0.3 is 11.1 Å². The molecule has 0 fully saturated rings. The van der Waals surface area contributed by atoms with E-state index in [1.165, 1.54) is 0 Å². The van der Waals surface area contributed by atoms with Crippen LogP contribution in [0.1, 0.15) is 10.4 Å². The first-order valence-electron chi connectivity index (χ1n) is 6.99. The average Bonchev–Trinajstić information content (AvgIpc) is 2.62. The molecule has 120 valence electrons. The molecule has 5 N–H and O–H groups in total. The Morgan fingerprint density at radius 1 is 1.00 bits per heavy atom. The van der Waals surface area contributed by atoms with Gasteiger partial charge >= 0.3 is 0 Å². The molecule has 2 aromatic carbocycles. The van der Waals surface area contributed by atoms with Crippen LogP contribution in [0, 0.1) is 11.3 Å². The monoisotopic (exact) mass is 337 g/mol. The largest absolute Gasteiger partial charge is 0.383 e. The highest BCUT2D eigenvalue weighted by Gasteiger charge is 2.11. The van der Waals surface area contributed by atoms with Crippen molar-refractivity contribution in [1.82, 2.24) is 10.9 Å². The molecular formula is C17H15N5OS. The minimum absolute atomic E-state index is 0.0298. The molecule has 0 unspecified atom stereocenters. The zero-order valence-electron chi connectivity index (χ0n) is 12.6. The maximum Gasteiger partial charge on any atom is 0.269 e. The number of amides is 1. The Kier molecular flexibility index (Phi) is 5.88. The smallest absolute Gasteiger partial charge is 0.269 e. The van der Waals surface area contributed by atoms with Gasteiger partial charge in [0.05, 0.1) is 0 Å². The van der Waals surface area contributed by atoms with Crippen molar-refractivity contribution in [3.8, 4) is 6.07 Å². The van der Waals surface area contributed by atoms with E-state index in [0.717, 1.165) is 5.69 Å². The maximum absolute atomic E-state index is 11.9. The van der Waals surface area contributed by atoms with Gasteiger partial charge in [-0.25, -0.2) is 0 Å². The van der Waals surface area contributed by atoms with Crippen molar-refractivity contribution >= 4 is 28.8 Å². The molecule has 0 spiro atoms. The van der Waals surface area contributed by atoms with Crippen LogP contribution in [0.15, 0.2) is 72.1 Å². The Hall–Kier alpha value is -3.37. The second-order valence-electron chi connectivity index (χ2n) is 4.67. The van der Waals surface area contributed by atoms with Crippen molar-refractivity contribution in [3.63, 3.8) is 0 Å². The van der Waals surface area contributed by atoms with Gasteiger partial charge in [-0.3, -0.25) is 15.6 Å². The van der Waals surface area contributed by atoms with E-state index in [1.54, 1.807) is 30.3 Å². The number of thiocarbonyl (C=S) groups is 1. The van der Waals surface area contributed by atoms with Crippen molar-refractivity contribution < 1.29 is 4.79 Å². The van der Waals surface area contributed by atoms with E-state index in [-0.39, 0.29) is 22.3 Å². The highest BCUT2D eigenvalue weighted by molar-refractivity contribution is 7.81. The van der Waals surface area contributed by atoms with Crippen LogP contribution >= 0.6 is 12.2 Å². The summed E-state index contributed by atoms with van der Waals surface area (Å²) >= 11 is 5.18. The number of benzene rings is 2. The van der Waals surface area contributed by atoms with Gasteiger partial charge in [0.25, 0.3) is 5.91 Å². The van der Waals surface area contributed by atoms with Crippen LogP contribution in [0.3, 0.4) is 0 Å². The fraction of sp³-hybridized carbons (Fsp3) is 0. The standard InChI is InChI=1S/C17H15N5OS/c18-11-14(17(24)20-13-9-5-2-6-10-13)15(19)21-22-16(23)12-7-3-1-4-8-12/h1-10,21H,19H2,(H,20,24)(H,22,23)/b15-14+. The second kappa shape index (κ2) is 8.31. The quantitative estimate of drug-likeness (QED) is 0.288. The van der Waals surface area contributed by atoms with E-state index < -0.39 is 0 Å². The summed E-state index contributed by atoms with van der Waals surface area (Å²) in [5, 5.41) is 12.2. The number of nitrogens with two attached hydrogens (primary N) is 1. The van der Waals surface area contributed by atoms with E-state index >= 15 is 0 Å². The maximum atomic E-state index is 11.9. The van der Waals surface area contributed by atoms with Crippen LogP contribution in [0.25, 0.3) is 0 Å². The lowest BCUT2D eigenvalue weighted by atomic mass is 10.2. The molecule has 0 aliphatic rings. The molecule has 0 heterocycles. The zero-order chi connectivity index (χ0) is 17.4. The number of hydrogen-bond donors (Lipinski definition) is 4. The minimum Gasteiger partial charge on any atom is -0.383 e. The summed E-state index contributed by atoms with van der Waals surface area (Å²) in [4.78, 5) is 12.1. The highest BCUT2D eigenvalue weighted by Crippen LogP contribution is 2.09. The molecule has 6 nitrogen and oxygen atoms in total. The fourth-order valence-electron chi connectivity index (χ4n) is 1.80. The predicted octanol–water partition coefficient (Wildman–Crippen LogP) is 2.05. The number of para-hydroxylation sites is 1. The molecule has 24 heavy (non-hydrogen) atoms. The Labute approximate surface area is 144 Å². The lowest BCUT2D eigenvalue weighted by Crippen LogP contribution is -2.40. The first-order chi connectivity index (χ1) is 11.6. The number of hydrogen-bond acceptors (Lipinski definition) is 5. The SMILES string of the molecule is N#C/C(C(=S)Nc1ccccc1)=C(/N)NNC(=O)c1ccccc1. The number of nitriles is 1. The van der Waals surface area contributed by atoms with E-state index in [9.17, 15) is 10.1 Å². The molecule has 0 atom stereocenters. The van der Waals surface area contributed by atoms with Crippen molar-refractivity contribution in [2.75, 3.05) is 5.32 Å². The minimum atomic E-state index is -0.377. The number of anilines is 1. The average molecular weight is 337 g/mol. The topological polar surface area (TPSA) is 103 Å². The molecule has 0 saturated heterocycles. The van der Waals surface area contributed by atoms with Gasteiger partial charge in [0.15, 0.2) is 0 Å². The zero-order valence-corrected chi connectivity index (χ0v) is 13.4. The number of hydrazine groups is 1. The van der Waals surface area contributed by atoms with Crippen LogP contribution < -0.4 is 21.9 Å². The normalized spacial score (nSPS) is 10.8. The summed E-state index contributed by atoms with van der Waals surface area (Å²) in [5.41, 5.74) is 12.0. The Morgan fingerprint density at radius 2 is 1.58 bits per heavy atom. The number of nitrogens with one attached hydrogen (secondary N) is 3. The molecule has 2 aromatic rings. The molecular weight excluding hydrogens is 322 g/mol. The van der Waals surface area contributed by atoms with E-state index in [0.29, 0.717) is 5.56 Å². The summed E-state index contributed by atoms with van der Waals surface area (Å²) in [7, 11) is 0. The van der Waals surface area contributed by atoms with Gasteiger partial charge in [0.2, 0.25) is 0 Å². The lowest BCUT2D eigenvalue weighted by molar-refractivity contribution is 0.0938. The van der Waals surface area contributed by atoms with E-state index in [4.69, 9.17) is 18.0 Å². The van der Waals surface area contributed by atoms with Crippen molar-refractivity contribution in [2.45, 2.75) is 0 Å². The van der Waals surface area contributed by atoms with Gasteiger partial charge in [-0.05, 0) is 24.3 Å². The number of carbonyl (C=O) groups is 1. The molecule has 0 radical (unpaired) electrons. The molecule has 0 aliphatic carbocycles. The van der Waals surface area contributed by atoms with E-state index in [1.807, 2.05) is 36.4 Å². The van der Waals surface area contributed by atoms with Crippen LogP contribution in [-0.2, 0) is 0 Å². The third-order valence-corrected chi connectivity index (χ3v) is 3.29. The van der Waals surface area contributed by atoms with Crippen molar-refractivity contribution in [3.05, 3.63) is 77.6 Å². The summed E-state index contributed by atoms with van der Waals surface area (Å²) in [6.45, 7) is 0. The van der Waals surface area contributed by atoms with Gasteiger partial charge in [0, 0.05) is 11.3 Å². The molecule has 0 aliphatic heterocycles. The molecule has 0 aromatic heterocycles. The highest BCUT2D eigenvalue weighted by atomic mass is 32.1. The van der Waals surface area contributed by atoms with Crippen LogP contribution in [0.4, 0.5) is 5.69 Å². The van der Waals surface area contributed by atoms with Crippen LogP contribution in [0.5, 0.6) is 0 Å². The third kappa shape index (κ3) is 4.56. The van der Waals surface area contributed by atoms with Crippen LogP contribution in [0.2, 0.25) is 0 Å². The van der Waals surface area contributed by atoms with E-state index in [2.05, 4.69) is 16.2 Å². The molecule has 0 saturated carbocycles. The third-order valence-electron chi connectivity index (χ3n) is 2.99. The Balaban J connectivity index is 2.03.